The minimum Gasteiger partial charge on any atom is -0.481 e. The summed E-state index contributed by atoms with van der Waals surface area (Å²) in [6, 6.07) is 1.15. The summed E-state index contributed by atoms with van der Waals surface area (Å²) in [5.74, 6) is -1.70. The number of hydrogen-bond donors (Lipinski definition) is 2. The molecule has 136 valence electrons. The van der Waals surface area contributed by atoms with Crippen LogP contribution in [0.4, 0.5) is 0 Å². The lowest BCUT2D eigenvalue weighted by Crippen LogP contribution is -2.42. The first kappa shape index (κ1) is 20.2. The number of furan rings is 1. The molecule has 8 nitrogen and oxygen atoms in total. The molecule has 0 bridgehead atoms. The zero-order chi connectivity index (χ0) is 18.7. The SMILES string of the molecule is CCC(CC)(CNC(=O)c1cc(S(=O)(=O)N(C)C)c(C)o1)C(=O)O. The van der Waals surface area contributed by atoms with Gasteiger partial charge in [0.25, 0.3) is 5.91 Å². The van der Waals surface area contributed by atoms with E-state index < -0.39 is 27.3 Å². The molecule has 0 aliphatic rings. The molecular weight excluding hydrogens is 336 g/mol. The van der Waals surface area contributed by atoms with Gasteiger partial charge >= 0.3 is 5.97 Å². The van der Waals surface area contributed by atoms with Gasteiger partial charge in [-0.15, -0.1) is 0 Å². The Morgan fingerprint density at radius 1 is 1.29 bits per heavy atom. The summed E-state index contributed by atoms with van der Waals surface area (Å²) in [7, 11) is -0.961. The summed E-state index contributed by atoms with van der Waals surface area (Å²) in [6.07, 6.45) is 0.715. The normalized spacial score (nSPS) is 12.4. The summed E-state index contributed by atoms with van der Waals surface area (Å²) in [5, 5.41) is 11.9. The van der Waals surface area contributed by atoms with Gasteiger partial charge in [0.15, 0.2) is 5.76 Å². The van der Waals surface area contributed by atoms with Gasteiger partial charge in [-0.2, -0.15) is 0 Å². The number of nitrogens with one attached hydrogen (secondary N) is 1. The summed E-state index contributed by atoms with van der Waals surface area (Å²) >= 11 is 0. The van der Waals surface area contributed by atoms with Crippen molar-refractivity contribution in [3.8, 4) is 0 Å². The molecular formula is C15H24N2O6S. The second kappa shape index (κ2) is 7.35. The van der Waals surface area contributed by atoms with Crippen molar-refractivity contribution in [3.05, 3.63) is 17.6 Å². The van der Waals surface area contributed by atoms with Gasteiger partial charge in [-0.3, -0.25) is 9.59 Å². The lowest BCUT2D eigenvalue weighted by molar-refractivity contribution is -0.149. The zero-order valence-electron chi connectivity index (χ0n) is 14.5. The topological polar surface area (TPSA) is 117 Å². The monoisotopic (exact) mass is 360 g/mol. The van der Waals surface area contributed by atoms with Crippen molar-refractivity contribution >= 4 is 21.9 Å². The summed E-state index contributed by atoms with van der Waals surface area (Å²) < 4.78 is 30.6. The van der Waals surface area contributed by atoms with E-state index in [1.54, 1.807) is 13.8 Å². The number of carboxylic acids is 1. The standard InChI is InChI=1S/C15H24N2O6S/c1-6-15(7-2,14(19)20)9-16-13(18)11-8-12(10(3)23-11)24(21,22)17(4)5/h8H,6-7,9H2,1-5H3,(H,16,18)(H,19,20). The van der Waals surface area contributed by atoms with E-state index in [0.29, 0.717) is 12.8 Å². The number of aliphatic carboxylic acids is 1. The first-order valence-electron chi connectivity index (χ1n) is 7.56. The van der Waals surface area contributed by atoms with E-state index >= 15 is 0 Å². The predicted molar refractivity (Wildman–Crippen MR) is 87.3 cm³/mol. The third-order valence-corrected chi connectivity index (χ3v) is 6.17. The van der Waals surface area contributed by atoms with E-state index in [2.05, 4.69) is 5.32 Å². The molecule has 0 spiro atoms. The molecule has 2 N–H and O–H groups in total. The third kappa shape index (κ3) is 3.78. The number of carbonyl (C=O) groups is 2. The molecule has 24 heavy (non-hydrogen) atoms. The Bertz CT molecular complexity index is 716. The maximum Gasteiger partial charge on any atom is 0.311 e. The van der Waals surface area contributed by atoms with Crippen LogP contribution >= 0.6 is 0 Å². The number of amides is 1. The van der Waals surface area contributed by atoms with Gasteiger partial charge in [-0.1, -0.05) is 13.8 Å². The highest BCUT2D eigenvalue weighted by atomic mass is 32.2. The quantitative estimate of drug-likeness (QED) is 0.725. The molecule has 0 unspecified atom stereocenters. The fraction of sp³-hybridized carbons (Fsp3) is 0.600. The molecule has 1 aromatic heterocycles. The fourth-order valence-electron chi connectivity index (χ4n) is 2.24. The second-order valence-corrected chi connectivity index (χ2v) is 7.91. The Labute approximate surface area is 141 Å². The van der Waals surface area contributed by atoms with Gasteiger partial charge in [0.2, 0.25) is 10.0 Å². The van der Waals surface area contributed by atoms with Crippen molar-refractivity contribution in [2.45, 2.75) is 38.5 Å². The van der Waals surface area contributed by atoms with Gasteiger partial charge in [0.1, 0.15) is 10.7 Å². The minimum atomic E-state index is -3.72. The predicted octanol–water partition coefficient (Wildman–Crippen LogP) is 1.46. The molecule has 0 fully saturated rings. The fourth-order valence-corrected chi connectivity index (χ4v) is 3.30. The number of carbonyl (C=O) groups excluding carboxylic acids is 1. The van der Waals surface area contributed by atoms with Gasteiger partial charge in [0, 0.05) is 26.7 Å². The Hall–Kier alpha value is -1.87. The lowest BCUT2D eigenvalue weighted by Gasteiger charge is -2.26. The average molecular weight is 360 g/mol. The number of carboxylic acid groups (broad SMARTS) is 1. The minimum absolute atomic E-state index is 0.0658. The molecule has 1 aromatic rings. The number of nitrogens with zero attached hydrogens (tertiary/aromatic N) is 1. The maximum absolute atomic E-state index is 12.2. The first-order chi connectivity index (χ1) is 11.0. The summed E-state index contributed by atoms with van der Waals surface area (Å²) in [6.45, 7) is 4.86. The number of rotatable bonds is 8. The van der Waals surface area contributed by atoms with Gasteiger partial charge in [-0.05, 0) is 19.8 Å². The van der Waals surface area contributed by atoms with Crippen LogP contribution in [0.5, 0.6) is 0 Å². The molecule has 9 heteroatoms. The van der Waals surface area contributed by atoms with Crippen molar-refractivity contribution in [2.24, 2.45) is 5.41 Å². The van der Waals surface area contributed by atoms with E-state index in [-0.39, 0.29) is 23.0 Å². The molecule has 0 saturated heterocycles. The van der Waals surface area contributed by atoms with E-state index in [9.17, 15) is 23.1 Å². The van der Waals surface area contributed by atoms with E-state index in [4.69, 9.17) is 4.42 Å². The van der Waals surface area contributed by atoms with Crippen LogP contribution in [-0.4, -0.2) is 50.3 Å². The van der Waals surface area contributed by atoms with Crippen LogP contribution in [-0.2, 0) is 14.8 Å². The molecule has 1 amide bonds. The number of aryl methyl sites for hydroxylation is 1. The summed E-state index contributed by atoms with van der Waals surface area (Å²) in [5.41, 5.74) is -1.06. The van der Waals surface area contributed by atoms with Crippen molar-refractivity contribution < 1.29 is 27.5 Å². The zero-order valence-corrected chi connectivity index (χ0v) is 15.4. The van der Waals surface area contributed by atoms with Gasteiger partial charge in [0.05, 0.1) is 5.41 Å². The van der Waals surface area contributed by atoms with Crippen LogP contribution in [0.25, 0.3) is 0 Å². The van der Waals surface area contributed by atoms with E-state index in [0.717, 1.165) is 10.4 Å². The Morgan fingerprint density at radius 3 is 2.25 bits per heavy atom. The van der Waals surface area contributed by atoms with E-state index in [1.807, 2.05) is 0 Å². The van der Waals surface area contributed by atoms with Crippen LogP contribution in [0.1, 0.15) is 43.0 Å². The van der Waals surface area contributed by atoms with Crippen LogP contribution in [0.2, 0.25) is 0 Å². The highest BCUT2D eigenvalue weighted by molar-refractivity contribution is 7.89. The largest absolute Gasteiger partial charge is 0.481 e. The van der Waals surface area contributed by atoms with Crippen molar-refractivity contribution in [2.75, 3.05) is 20.6 Å². The van der Waals surface area contributed by atoms with Crippen molar-refractivity contribution in [1.82, 2.24) is 9.62 Å². The highest BCUT2D eigenvalue weighted by Crippen LogP contribution is 2.26. The van der Waals surface area contributed by atoms with Gasteiger partial charge < -0.3 is 14.8 Å². The maximum atomic E-state index is 12.2. The second-order valence-electron chi connectivity index (χ2n) is 5.79. The Morgan fingerprint density at radius 2 is 1.83 bits per heavy atom. The third-order valence-electron chi connectivity index (χ3n) is 4.25. The Kier molecular flexibility index (Phi) is 6.18. The number of hydrogen-bond acceptors (Lipinski definition) is 5. The molecule has 0 aromatic carbocycles. The number of sulfonamides is 1. The van der Waals surface area contributed by atoms with Crippen molar-refractivity contribution in [3.63, 3.8) is 0 Å². The molecule has 1 rings (SSSR count). The van der Waals surface area contributed by atoms with Crippen molar-refractivity contribution in [1.29, 1.82) is 0 Å². The Balaban J connectivity index is 3.01. The molecule has 1 heterocycles. The van der Waals surface area contributed by atoms with E-state index in [1.165, 1.54) is 21.0 Å². The summed E-state index contributed by atoms with van der Waals surface area (Å²) in [4.78, 5) is 23.5. The molecule has 0 aliphatic carbocycles. The van der Waals surface area contributed by atoms with Crippen LogP contribution in [0.3, 0.4) is 0 Å². The molecule has 0 saturated carbocycles. The van der Waals surface area contributed by atoms with Crippen LogP contribution in [0, 0.1) is 12.3 Å². The first-order valence-corrected chi connectivity index (χ1v) is 9.00. The highest BCUT2D eigenvalue weighted by Gasteiger charge is 2.35. The molecule has 0 aliphatic heterocycles. The van der Waals surface area contributed by atoms with Gasteiger partial charge in [-0.25, -0.2) is 12.7 Å². The molecule has 0 radical (unpaired) electrons. The smallest absolute Gasteiger partial charge is 0.311 e. The molecule has 0 atom stereocenters. The van der Waals surface area contributed by atoms with Crippen LogP contribution < -0.4 is 5.32 Å². The van der Waals surface area contributed by atoms with Crippen LogP contribution in [0.15, 0.2) is 15.4 Å². The lowest BCUT2D eigenvalue weighted by atomic mass is 9.82. The average Bonchev–Trinajstić information content (AvgIpc) is 2.90.